The van der Waals surface area contributed by atoms with Gasteiger partial charge in [0.2, 0.25) is 0 Å². The number of benzene rings is 1. The van der Waals surface area contributed by atoms with Gasteiger partial charge in [-0.1, -0.05) is 0 Å². The van der Waals surface area contributed by atoms with E-state index in [2.05, 4.69) is 0 Å². The van der Waals surface area contributed by atoms with Crippen LogP contribution in [0.2, 0.25) is 0 Å². The summed E-state index contributed by atoms with van der Waals surface area (Å²) in [7, 11) is 1.65. The van der Waals surface area contributed by atoms with Gasteiger partial charge in [0.25, 0.3) is 5.91 Å². The van der Waals surface area contributed by atoms with Gasteiger partial charge in [-0.3, -0.25) is 4.79 Å². The van der Waals surface area contributed by atoms with Crippen molar-refractivity contribution in [2.24, 2.45) is 0 Å². The number of aryl methyl sites for hydroxylation is 1. The fourth-order valence-corrected chi connectivity index (χ4v) is 2.29. The molecule has 0 aromatic heterocycles. The van der Waals surface area contributed by atoms with E-state index in [0.717, 1.165) is 6.42 Å². The molecule has 2 rings (SSSR count). The van der Waals surface area contributed by atoms with Crippen LogP contribution in [0.25, 0.3) is 0 Å². The molecule has 1 amide bonds. The fraction of sp³-hybridized carbons (Fsp3) is 0.533. The van der Waals surface area contributed by atoms with E-state index in [1.165, 1.54) is 12.1 Å². The van der Waals surface area contributed by atoms with Crippen LogP contribution in [0.5, 0.6) is 0 Å². The SMILES string of the molecule is COCCC1CN(C(=O)c2ccc(F)c(C)c2)CCO1. The van der Waals surface area contributed by atoms with E-state index in [9.17, 15) is 9.18 Å². The highest BCUT2D eigenvalue weighted by Gasteiger charge is 2.25. The summed E-state index contributed by atoms with van der Waals surface area (Å²) in [5.74, 6) is -0.361. The summed E-state index contributed by atoms with van der Waals surface area (Å²) >= 11 is 0. The van der Waals surface area contributed by atoms with Crippen molar-refractivity contribution in [3.05, 3.63) is 35.1 Å². The molecule has 1 aromatic carbocycles. The number of hydrogen-bond donors (Lipinski definition) is 0. The Morgan fingerprint density at radius 1 is 1.55 bits per heavy atom. The Morgan fingerprint density at radius 3 is 3.05 bits per heavy atom. The van der Waals surface area contributed by atoms with Crippen LogP contribution in [0.15, 0.2) is 18.2 Å². The molecule has 4 nitrogen and oxygen atoms in total. The second kappa shape index (κ2) is 6.81. The van der Waals surface area contributed by atoms with E-state index in [4.69, 9.17) is 9.47 Å². The van der Waals surface area contributed by atoms with Gasteiger partial charge in [-0.15, -0.1) is 0 Å². The van der Waals surface area contributed by atoms with E-state index in [1.807, 2.05) is 0 Å². The quantitative estimate of drug-likeness (QED) is 0.847. The van der Waals surface area contributed by atoms with Crippen LogP contribution in [-0.4, -0.2) is 50.3 Å². The first-order valence-electron chi connectivity index (χ1n) is 6.77. The fourth-order valence-electron chi connectivity index (χ4n) is 2.29. The molecule has 0 radical (unpaired) electrons. The smallest absolute Gasteiger partial charge is 0.254 e. The number of halogens is 1. The molecule has 1 aliphatic heterocycles. The zero-order valence-electron chi connectivity index (χ0n) is 11.9. The van der Waals surface area contributed by atoms with Crippen LogP contribution in [0.3, 0.4) is 0 Å². The second-order valence-corrected chi connectivity index (χ2v) is 4.99. The van der Waals surface area contributed by atoms with Crippen LogP contribution < -0.4 is 0 Å². The molecular weight excluding hydrogens is 261 g/mol. The van der Waals surface area contributed by atoms with Crippen molar-refractivity contribution in [3.63, 3.8) is 0 Å². The van der Waals surface area contributed by atoms with Crippen LogP contribution in [0.4, 0.5) is 4.39 Å². The maximum atomic E-state index is 13.2. The summed E-state index contributed by atoms with van der Waals surface area (Å²) in [5.41, 5.74) is 1.01. The van der Waals surface area contributed by atoms with E-state index in [-0.39, 0.29) is 17.8 Å². The Hall–Kier alpha value is -1.46. The molecular formula is C15H20FNO3. The number of carbonyl (C=O) groups excluding carboxylic acids is 1. The highest BCUT2D eigenvalue weighted by atomic mass is 19.1. The lowest BCUT2D eigenvalue weighted by molar-refractivity contribution is -0.0332. The highest BCUT2D eigenvalue weighted by molar-refractivity contribution is 5.94. The molecule has 1 saturated heterocycles. The maximum absolute atomic E-state index is 13.2. The predicted octanol–water partition coefficient (Wildman–Crippen LogP) is 2.01. The Labute approximate surface area is 118 Å². The molecule has 1 aromatic rings. The molecule has 1 aliphatic rings. The van der Waals surface area contributed by atoms with Crippen molar-refractivity contribution in [3.8, 4) is 0 Å². The Bertz CT molecular complexity index is 478. The van der Waals surface area contributed by atoms with E-state index < -0.39 is 0 Å². The Kier molecular flexibility index (Phi) is 5.09. The topological polar surface area (TPSA) is 38.8 Å². The van der Waals surface area contributed by atoms with E-state index >= 15 is 0 Å². The number of ether oxygens (including phenoxy) is 2. The van der Waals surface area contributed by atoms with Crippen molar-refractivity contribution in [1.29, 1.82) is 0 Å². The van der Waals surface area contributed by atoms with Crippen molar-refractivity contribution in [2.45, 2.75) is 19.4 Å². The average Bonchev–Trinajstić information content (AvgIpc) is 2.47. The summed E-state index contributed by atoms with van der Waals surface area (Å²) in [6.07, 6.45) is 0.775. The summed E-state index contributed by atoms with van der Waals surface area (Å²) in [6, 6.07) is 4.47. The monoisotopic (exact) mass is 281 g/mol. The molecule has 0 spiro atoms. The second-order valence-electron chi connectivity index (χ2n) is 4.99. The van der Waals surface area contributed by atoms with Gasteiger partial charge in [0.05, 0.1) is 12.7 Å². The van der Waals surface area contributed by atoms with Crippen LogP contribution in [-0.2, 0) is 9.47 Å². The van der Waals surface area contributed by atoms with E-state index in [0.29, 0.717) is 37.4 Å². The Balaban J connectivity index is 2.02. The number of carbonyl (C=O) groups is 1. The van der Waals surface area contributed by atoms with Crippen LogP contribution in [0.1, 0.15) is 22.3 Å². The molecule has 1 atom stereocenters. The third-order valence-electron chi connectivity index (χ3n) is 3.47. The molecule has 110 valence electrons. The van der Waals surface area contributed by atoms with Gasteiger partial charge in [-0.2, -0.15) is 0 Å². The van der Waals surface area contributed by atoms with Crippen molar-refractivity contribution >= 4 is 5.91 Å². The molecule has 1 heterocycles. The predicted molar refractivity (Wildman–Crippen MR) is 73.3 cm³/mol. The number of hydrogen-bond acceptors (Lipinski definition) is 3. The number of nitrogens with zero attached hydrogens (tertiary/aromatic N) is 1. The van der Waals surface area contributed by atoms with Gasteiger partial charge in [0, 0.05) is 32.4 Å². The number of morpholine rings is 1. The zero-order chi connectivity index (χ0) is 14.5. The van der Waals surface area contributed by atoms with E-state index in [1.54, 1.807) is 25.0 Å². The minimum Gasteiger partial charge on any atom is -0.385 e. The normalized spacial score (nSPS) is 19.1. The van der Waals surface area contributed by atoms with Crippen LogP contribution in [0, 0.1) is 12.7 Å². The first kappa shape index (κ1) is 14.9. The lowest BCUT2D eigenvalue weighted by Crippen LogP contribution is -2.46. The first-order valence-corrected chi connectivity index (χ1v) is 6.77. The molecule has 0 aliphatic carbocycles. The van der Waals surface area contributed by atoms with Crippen molar-refractivity contribution in [2.75, 3.05) is 33.4 Å². The minimum atomic E-state index is -0.290. The third-order valence-corrected chi connectivity index (χ3v) is 3.47. The van der Waals surface area contributed by atoms with Gasteiger partial charge in [-0.25, -0.2) is 4.39 Å². The number of methoxy groups -OCH3 is 1. The van der Waals surface area contributed by atoms with Gasteiger partial charge in [0.1, 0.15) is 5.82 Å². The molecule has 1 fully saturated rings. The average molecular weight is 281 g/mol. The van der Waals surface area contributed by atoms with Gasteiger partial charge >= 0.3 is 0 Å². The van der Waals surface area contributed by atoms with Gasteiger partial charge in [-0.05, 0) is 37.1 Å². The highest BCUT2D eigenvalue weighted by Crippen LogP contribution is 2.15. The lowest BCUT2D eigenvalue weighted by atomic mass is 10.1. The Morgan fingerprint density at radius 2 is 2.35 bits per heavy atom. The summed E-state index contributed by atoms with van der Waals surface area (Å²) in [4.78, 5) is 14.2. The summed E-state index contributed by atoms with van der Waals surface area (Å²) in [5, 5.41) is 0. The van der Waals surface area contributed by atoms with Crippen molar-refractivity contribution in [1.82, 2.24) is 4.90 Å². The standard InChI is InChI=1S/C15H20FNO3/c1-11-9-12(3-4-14(11)16)15(18)17-6-8-20-13(10-17)5-7-19-2/h3-4,9,13H,5-8,10H2,1-2H3. The maximum Gasteiger partial charge on any atom is 0.254 e. The third kappa shape index (κ3) is 3.55. The molecule has 20 heavy (non-hydrogen) atoms. The minimum absolute atomic E-state index is 0.00851. The number of amides is 1. The number of rotatable bonds is 4. The largest absolute Gasteiger partial charge is 0.385 e. The summed E-state index contributed by atoms with van der Waals surface area (Å²) < 4.78 is 23.9. The first-order chi connectivity index (χ1) is 9.61. The van der Waals surface area contributed by atoms with Gasteiger partial charge in [0.15, 0.2) is 0 Å². The van der Waals surface area contributed by atoms with Crippen molar-refractivity contribution < 1.29 is 18.7 Å². The molecule has 0 bridgehead atoms. The van der Waals surface area contributed by atoms with Crippen LogP contribution >= 0.6 is 0 Å². The molecule has 1 unspecified atom stereocenters. The zero-order valence-corrected chi connectivity index (χ0v) is 11.9. The molecule has 0 saturated carbocycles. The lowest BCUT2D eigenvalue weighted by Gasteiger charge is -2.33. The molecule has 0 N–H and O–H groups in total. The van der Waals surface area contributed by atoms with Gasteiger partial charge < -0.3 is 14.4 Å². The summed E-state index contributed by atoms with van der Waals surface area (Å²) in [6.45, 7) is 3.92. The molecule has 5 heteroatoms.